The quantitative estimate of drug-likeness (QED) is 0.224. The summed E-state index contributed by atoms with van der Waals surface area (Å²) < 4.78 is 3.47. The Bertz CT molecular complexity index is 926. The SMILES string of the molecule is CCCCCc1cc2nc3ccc(N(C)C)cc3sc-2cc1=[N+](C)C.I. The average molecular weight is 482 g/mol. The van der Waals surface area contributed by atoms with Crippen LogP contribution in [0.4, 0.5) is 5.69 Å². The van der Waals surface area contributed by atoms with Crippen molar-refractivity contribution in [2.45, 2.75) is 32.6 Å². The number of fused-ring (bicyclic) bond motifs is 2. The predicted molar refractivity (Wildman–Crippen MR) is 126 cm³/mol. The minimum absolute atomic E-state index is 0. The molecule has 0 unspecified atom stereocenters. The van der Waals surface area contributed by atoms with E-state index in [0.717, 1.165) is 17.6 Å². The molecule has 1 aromatic rings. The molecule has 0 spiro atoms. The third-order valence-corrected chi connectivity index (χ3v) is 5.71. The van der Waals surface area contributed by atoms with Crippen molar-refractivity contribution in [3.05, 3.63) is 41.3 Å². The summed E-state index contributed by atoms with van der Waals surface area (Å²) in [5.74, 6) is 0. The molecule has 0 atom stereocenters. The first-order chi connectivity index (χ1) is 12.0. The van der Waals surface area contributed by atoms with E-state index >= 15 is 0 Å². The van der Waals surface area contributed by atoms with Crippen LogP contribution in [0.3, 0.4) is 0 Å². The Morgan fingerprint density at radius 2 is 1.85 bits per heavy atom. The molecule has 2 aliphatic rings. The summed E-state index contributed by atoms with van der Waals surface area (Å²) in [6, 6.07) is 11.1. The fourth-order valence-corrected chi connectivity index (χ4v) is 4.17. The monoisotopic (exact) mass is 482 g/mol. The highest BCUT2D eigenvalue weighted by atomic mass is 127. The molecule has 0 fully saturated rings. The second-order valence-electron chi connectivity index (χ2n) is 7.06. The first kappa shape index (κ1) is 21.1. The average Bonchev–Trinajstić information content (AvgIpc) is 2.58. The van der Waals surface area contributed by atoms with E-state index < -0.39 is 0 Å². The van der Waals surface area contributed by atoms with Gasteiger partial charge in [0.15, 0.2) is 0 Å². The third kappa shape index (κ3) is 4.55. The summed E-state index contributed by atoms with van der Waals surface area (Å²) in [4.78, 5) is 8.33. The van der Waals surface area contributed by atoms with Gasteiger partial charge in [-0.3, -0.25) is 0 Å². The van der Waals surface area contributed by atoms with Crippen molar-refractivity contribution in [2.24, 2.45) is 0 Å². The van der Waals surface area contributed by atoms with E-state index in [1.54, 1.807) is 0 Å². The molecule has 3 nitrogen and oxygen atoms in total. The van der Waals surface area contributed by atoms with Crippen LogP contribution < -0.4 is 14.8 Å². The van der Waals surface area contributed by atoms with Crippen LogP contribution in [0.2, 0.25) is 0 Å². The standard InChI is InChI=1S/C21H28N3S.HI/c1-6-7-8-9-15-12-18-21(14-19(15)24(4)5)25-20-13-16(23(2)3)10-11-17(20)22-18;/h10-14H,6-9H2,1-5H3;1H/q+1;. The van der Waals surface area contributed by atoms with Crippen LogP contribution in [0.5, 0.6) is 0 Å². The highest BCUT2D eigenvalue weighted by Crippen LogP contribution is 2.32. The molecular weight excluding hydrogens is 453 g/mol. The largest absolute Gasteiger partial charge is 0.378 e. The molecule has 1 aliphatic heterocycles. The zero-order valence-electron chi connectivity index (χ0n) is 16.4. The number of halogens is 1. The number of hydrogen-bond donors (Lipinski definition) is 0. The van der Waals surface area contributed by atoms with Gasteiger partial charge in [0.05, 0.1) is 20.8 Å². The molecule has 0 aromatic heterocycles. The maximum atomic E-state index is 4.94. The minimum atomic E-state index is 0. The topological polar surface area (TPSA) is 19.1 Å². The van der Waals surface area contributed by atoms with Crippen molar-refractivity contribution < 1.29 is 0 Å². The molecular formula is C21H29IN3S+. The lowest BCUT2D eigenvalue weighted by Gasteiger charge is -2.14. The number of hydrogen-bond acceptors (Lipinski definition) is 3. The summed E-state index contributed by atoms with van der Waals surface area (Å²) in [5, 5.41) is 1.32. The van der Waals surface area contributed by atoms with Crippen molar-refractivity contribution >= 4 is 51.2 Å². The van der Waals surface area contributed by atoms with Crippen molar-refractivity contribution in [1.82, 2.24) is 9.56 Å². The van der Waals surface area contributed by atoms with Crippen LogP contribution in [0.1, 0.15) is 31.7 Å². The second kappa shape index (κ2) is 9.13. The minimum Gasteiger partial charge on any atom is -0.378 e. The van der Waals surface area contributed by atoms with Gasteiger partial charge in [0.2, 0.25) is 5.36 Å². The van der Waals surface area contributed by atoms with Crippen molar-refractivity contribution in [3.63, 3.8) is 0 Å². The van der Waals surface area contributed by atoms with Crippen LogP contribution in [-0.2, 0) is 6.42 Å². The Hall–Kier alpha value is -1.21. The molecule has 140 valence electrons. The van der Waals surface area contributed by atoms with E-state index in [4.69, 9.17) is 4.98 Å². The molecule has 0 saturated carbocycles. The lowest BCUT2D eigenvalue weighted by atomic mass is 10.0. The summed E-state index contributed by atoms with van der Waals surface area (Å²) in [7, 11) is 8.42. The molecule has 0 amide bonds. The van der Waals surface area contributed by atoms with Gasteiger partial charge in [-0.25, -0.2) is 9.56 Å². The molecule has 0 bridgehead atoms. The van der Waals surface area contributed by atoms with Crippen molar-refractivity contribution in [3.8, 4) is 10.6 Å². The Balaban J connectivity index is 0.00000243. The second-order valence-corrected chi connectivity index (χ2v) is 8.14. The van der Waals surface area contributed by atoms with Crippen LogP contribution >= 0.6 is 35.3 Å². The summed E-state index contributed by atoms with van der Waals surface area (Å²) in [5.41, 5.74) is 4.83. The van der Waals surface area contributed by atoms with Crippen molar-refractivity contribution in [1.29, 1.82) is 0 Å². The first-order valence-corrected chi connectivity index (χ1v) is 9.86. The zero-order chi connectivity index (χ0) is 18.0. The lowest BCUT2D eigenvalue weighted by Crippen LogP contribution is -2.26. The van der Waals surface area contributed by atoms with Gasteiger partial charge in [-0.15, -0.1) is 35.3 Å². The fourth-order valence-electron chi connectivity index (χ4n) is 3.16. The Morgan fingerprint density at radius 1 is 1.08 bits per heavy atom. The predicted octanol–water partition coefficient (Wildman–Crippen LogP) is 4.85. The number of anilines is 1. The first-order valence-electron chi connectivity index (χ1n) is 9.04. The number of nitrogens with zero attached hydrogens (tertiary/aromatic N) is 3. The number of aromatic nitrogens is 1. The Labute approximate surface area is 177 Å². The van der Waals surface area contributed by atoms with Crippen LogP contribution in [-0.4, -0.2) is 33.2 Å². The van der Waals surface area contributed by atoms with E-state index in [9.17, 15) is 0 Å². The smallest absolute Gasteiger partial charge is 0.204 e. The maximum Gasteiger partial charge on any atom is 0.204 e. The molecule has 1 heterocycles. The van der Waals surface area contributed by atoms with Crippen LogP contribution in [0, 0.1) is 0 Å². The summed E-state index contributed by atoms with van der Waals surface area (Å²) in [6.45, 7) is 2.25. The van der Waals surface area contributed by atoms with E-state index in [1.165, 1.54) is 45.4 Å². The normalized spacial score (nSPS) is 10.8. The van der Waals surface area contributed by atoms with Gasteiger partial charge in [0.25, 0.3) is 0 Å². The molecule has 1 aromatic carbocycles. The van der Waals surface area contributed by atoms with Crippen LogP contribution in [0.25, 0.3) is 20.8 Å². The summed E-state index contributed by atoms with van der Waals surface area (Å²) >= 11 is 1.84. The van der Waals surface area contributed by atoms with Gasteiger partial charge in [-0.1, -0.05) is 19.8 Å². The molecule has 5 heteroatoms. The van der Waals surface area contributed by atoms with Gasteiger partial charge < -0.3 is 4.90 Å². The van der Waals surface area contributed by atoms with Gasteiger partial charge >= 0.3 is 0 Å². The summed E-state index contributed by atoms with van der Waals surface area (Å²) in [6.07, 6.45) is 4.91. The van der Waals surface area contributed by atoms with Crippen molar-refractivity contribution in [2.75, 3.05) is 33.1 Å². The van der Waals surface area contributed by atoms with E-state index in [2.05, 4.69) is 74.9 Å². The molecule has 3 rings (SSSR count). The molecule has 0 radical (unpaired) electrons. The maximum absolute atomic E-state index is 4.94. The lowest BCUT2D eigenvalue weighted by molar-refractivity contribution is 0.703. The highest BCUT2D eigenvalue weighted by molar-refractivity contribution is 14.0. The molecule has 0 N–H and O–H groups in total. The van der Waals surface area contributed by atoms with Gasteiger partial charge in [-0.05, 0) is 37.1 Å². The van der Waals surface area contributed by atoms with Gasteiger partial charge in [0.1, 0.15) is 14.1 Å². The Kier molecular flexibility index (Phi) is 7.41. The number of aryl methyl sites for hydroxylation is 1. The molecule has 0 saturated heterocycles. The van der Waals surface area contributed by atoms with E-state index in [0.29, 0.717) is 0 Å². The van der Waals surface area contributed by atoms with Crippen LogP contribution in [0.15, 0.2) is 30.3 Å². The fraction of sp³-hybridized carbons (Fsp3) is 0.429. The Morgan fingerprint density at radius 3 is 2.50 bits per heavy atom. The molecule has 1 aliphatic carbocycles. The van der Waals surface area contributed by atoms with Gasteiger partial charge in [0, 0.05) is 31.4 Å². The van der Waals surface area contributed by atoms with E-state index in [-0.39, 0.29) is 24.0 Å². The highest BCUT2D eigenvalue weighted by Gasteiger charge is 2.14. The number of unbranched alkanes of at least 4 members (excludes halogenated alkanes) is 2. The number of rotatable bonds is 5. The van der Waals surface area contributed by atoms with E-state index in [1.807, 2.05) is 11.3 Å². The molecule has 26 heavy (non-hydrogen) atoms. The number of benzene rings is 2. The third-order valence-electron chi connectivity index (χ3n) is 4.61. The van der Waals surface area contributed by atoms with Gasteiger partial charge in [-0.2, -0.15) is 0 Å². The zero-order valence-corrected chi connectivity index (χ0v) is 19.5.